The van der Waals surface area contributed by atoms with Crippen LogP contribution in [0.25, 0.3) is 0 Å². The first-order valence-electron chi connectivity index (χ1n) is 5.00. The quantitative estimate of drug-likeness (QED) is 0.537. The van der Waals surface area contributed by atoms with Crippen molar-refractivity contribution in [2.75, 3.05) is 5.73 Å². The molecular weight excluding hydrogens is 221 g/mol. The van der Waals surface area contributed by atoms with Gasteiger partial charge in [-0.15, -0.1) is 0 Å². The highest BCUT2D eigenvalue weighted by Crippen LogP contribution is 2.22. The molecular formula is C11H12FN5. The monoisotopic (exact) mass is 233 g/mol. The smallest absolute Gasteiger partial charge is 0.141 e. The van der Waals surface area contributed by atoms with Crippen LogP contribution in [0.4, 0.5) is 10.2 Å². The number of halogens is 1. The normalized spacial score (nSPS) is 12.4. The van der Waals surface area contributed by atoms with E-state index in [9.17, 15) is 4.39 Å². The standard InChI is InChI=1S/C11H12FN5/c12-7-3-4-9(16-6-7)10(17-14)8-2-1-5-15-11(8)13/h1-6,10,17H,14H2,(H2,13,15). The molecule has 0 saturated heterocycles. The Hall–Kier alpha value is -2.05. The van der Waals surface area contributed by atoms with Crippen LogP contribution in [0.15, 0.2) is 36.7 Å². The average molecular weight is 233 g/mol. The average Bonchev–Trinajstić information content (AvgIpc) is 2.35. The van der Waals surface area contributed by atoms with E-state index in [4.69, 9.17) is 11.6 Å². The van der Waals surface area contributed by atoms with Crippen molar-refractivity contribution in [2.45, 2.75) is 6.04 Å². The van der Waals surface area contributed by atoms with Gasteiger partial charge in [-0.1, -0.05) is 6.07 Å². The minimum Gasteiger partial charge on any atom is -0.383 e. The highest BCUT2D eigenvalue weighted by molar-refractivity contribution is 5.44. The van der Waals surface area contributed by atoms with E-state index < -0.39 is 11.9 Å². The zero-order valence-corrected chi connectivity index (χ0v) is 8.97. The molecule has 0 aromatic carbocycles. The van der Waals surface area contributed by atoms with Crippen LogP contribution in [0.3, 0.4) is 0 Å². The van der Waals surface area contributed by atoms with Gasteiger partial charge in [0.05, 0.1) is 17.9 Å². The van der Waals surface area contributed by atoms with Gasteiger partial charge in [-0.3, -0.25) is 10.8 Å². The number of aromatic nitrogens is 2. The van der Waals surface area contributed by atoms with Crippen molar-refractivity contribution in [1.82, 2.24) is 15.4 Å². The molecule has 0 saturated carbocycles. The Morgan fingerprint density at radius 3 is 2.65 bits per heavy atom. The largest absolute Gasteiger partial charge is 0.383 e. The Bertz CT molecular complexity index is 499. The molecule has 1 unspecified atom stereocenters. The van der Waals surface area contributed by atoms with Gasteiger partial charge in [0.2, 0.25) is 0 Å². The molecule has 0 aliphatic heterocycles. The maximum absolute atomic E-state index is 12.8. The Morgan fingerprint density at radius 2 is 2.06 bits per heavy atom. The van der Waals surface area contributed by atoms with Gasteiger partial charge < -0.3 is 5.73 Å². The van der Waals surface area contributed by atoms with Gasteiger partial charge in [-0.05, 0) is 18.2 Å². The number of hydrogen-bond acceptors (Lipinski definition) is 5. The molecule has 2 heterocycles. The number of hydrogen-bond donors (Lipinski definition) is 3. The molecule has 0 bridgehead atoms. The number of nitrogens with one attached hydrogen (secondary N) is 1. The van der Waals surface area contributed by atoms with Crippen LogP contribution in [0.2, 0.25) is 0 Å². The number of hydrazine groups is 1. The van der Waals surface area contributed by atoms with E-state index in [1.54, 1.807) is 24.4 Å². The Kier molecular flexibility index (Phi) is 3.27. The zero-order valence-electron chi connectivity index (χ0n) is 8.97. The molecule has 2 aromatic rings. The number of nitrogen functional groups attached to an aromatic ring is 1. The van der Waals surface area contributed by atoms with Gasteiger partial charge >= 0.3 is 0 Å². The Labute approximate surface area is 97.7 Å². The van der Waals surface area contributed by atoms with Crippen LogP contribution in [0.1, 0.15) is 17.3 Å². The number of anilines is 1. The van der Waals surface area contributed by atoms with E-state index in [0.29, 0.717) is 17.1 Å². The van der Waals surface area contributed by atoms with Crippen molar-refractivity contribution in [2.24, 2.45) is 5.84 Å². The molecule has 0 radical (unpaired) electrons. The summed E-state index contributed by atoms with van der Waals surface area (Å²) in [5.74, 6) is 5.44. The third-order valence-corrected chi connectivity index (χ3v) is 2.39. The van der Waals surface area contributed by atoms with Gasteiger partial charge in [0.15, 0.2) is 0 Å². The molecule has 0 amide bonds. The number of pyridine rings is 2. The van der Waals surface area contributed by atoms with Crippen molar-refractivity contribution < 1.29 is 4.39 Å². The van der Waals surface area contributed by atoms with Crippen LogP contribution in [-0.2, 0) is 0 Å². The first kappa shape index (κ1) is 11.4. The highest BCUT2D eigenvalue weighted by Gasteiger charge is 2.16. The molecule has 2 aromatic heterocycles. The molecule has 1 atom stereocenters. The second-order valence-corrected chi connectivity index (χ2v) is 3.48. The maximum Gasteiger partial charge on any atom is 0.141 e. The van der Waals surface area contributed by atoms with Crippen LogP contribution < -0.4 is 17.0 Å². The number of nitrogens with zero attached hydrogens (tertiary/aromatic N) is 2. The van der Waals surface area contributed by atoms with E-state index in [1.807, 2.05) is 0 Å². The fourth-order valence-electron chi connectivity index (χ4n) is 1.57. The fourth-order valence-corrected chi connectivity index (χ4v) is 1.57. The number of rotatable bonds is 3. The number of nitrogens with two attached hydrogens (primary N) is 2. The van der Waals surface area contributed by atoms with Gasteiger partial charge in [0, 0.05) is 11.8 Å². The lowest BCUT2D eigenvalue weighted by Gasteiger charge is -2.16. The summed E-state index contributed by atoms with van der Waals surface area (Å²) >= 11 is 0. The first-order valence-corrected chi connectivity index (χ1v) is 5.00. The van der Waals surface area contributed by atoms with E-state index in [0.717, 1.165) is 6.20 Å². The first-order chi connectivity index (χ1) is 8.22. The molecule has 88 valence electrons. The Morgan fingerprint density at radius 1 is 1.24 bits per heavy atom. The van der Waals surface area contributed by atoms with Crippen LogP contribution in [0.5, 0.6) is 0 Å². The Balaban J connectivity index is 2.40. The lowest BCUT2D eigenvalue weighted by atomic mass is 10.0. The molecule has 5 nitrogen and oxygen atoms in total. The van der Waals surface area contributed by atoms with Gasteiger partial charge in [-0.25, -0.2) is 14.8 Å². The molecule has 0 aliphatic carbocycles. The third-order valence-electron chi connectivity index (χ3n) is 2.39. The molecule has 2 rings (SSSR count). The third kappa shape index (κ3) is 2.38. The molecule has 0 fully saturated rings. The van der Waals surface area contributed by atoms with E-state index in [-0.39, 0.29) is 0 Å². The summed E-state index contributed by atoms with van der Waals surface area (Å²) in [6.07, 6.45) is 2.72. The predicted molar refractivity (Wildman–Crippen MR) is 62.0 cm³/mol. The summed E-state index contributed by atoms with van der Waals surface area (Å²) < 4.78 is 12.8. The van der Waals surface area contributed by atoms with Crippen molar-refractivity contribution in [1.29, 1.82) is 0 Å². The maximum atomic E-state index is 12.8. The van der Waals surface area contributed by atoms with Gasteiger partial charge in [0.25, 0.3) is 0 Å². The second-order valence-electron chi connectivity index (χ2n) is 3.48. The van der Waals surface area contributed by atoms with Crippen molar-refractivity contribution >= 4 is 5.82 Å². The van der Waals surface area contributed by atoms with E-state index >= 15 is 0 Å². The summed E-state index contributed by atoms with van der Waals surface area (Å²) in [4.78, 5) is 7.94. The minimum atomic E-state index is -0.413. The molecule has 5 N–H and O–H groups in total. The van der Waals surface area contributed by atoms with Crippen molar-refractivity contribution in [3.63, 3.8) is 0 Å². The van der Waals surface area contributed by atoms with Crippen molar-refractivity contribution in [3.8, 4) is 0 Å². The van der Waals surface area contributed by atoms with Crippen molar-refractivity contribution in [3.05, 3.63) is 53.7 Å². The predicted octanol–water partition coefficient (Wildman–Crippen LogP) is 0.751. The zero-order chi connectivity index (χ0) is 12.3. The van der Waals surface area contributed by atoms with E-state index in [2.05, 4.69) is 15.4 Å². The SMILES string of the molecule is NNC(c1ccc(F)cn1)c1cccnc1N. The summed E-state index contributed by atoms with van der Waals surface area (Å²) in [5, 5.41) is 0. The lowest BCUT2D eigenvalue weighted by molar-refractivity contribution is 0.596. The van der Waals surface area contributed by atoms with Gasteiger partial charge in [-0.2, -0.15) is 0 Å². The van der Waals surface area contributed by atoms with E-state index in [1.165, 1.54) is 6.07 Å². The summed E-state index contributed by atoms with van der Waals surface area (Å²) in [6.45, 7) is 0. The topological polar surface area (TPSA) is 89.8 Å². The van der Waals surface area contributed by atoms with Crippen LogP contribution >= 0.6 is 0 Å². The van der Waals surface area contributed by atoms with Crippen LogP contribution in [0, 0.1) is 5.82 Å². The molecule has 17 heavy (non-hydrogen) atoms. The minimum absolute atomic E-state index is 0.363. The lowest BCUT2D eigenvalue weighted by Crippen LogP contribution is -2.30. The van der Waals surface area contributed by atoms with Crippen LogP contribution in [-0.4, -0.2) is 9.97 Å². The molecule has 6 heteroatoms. The highest BCUT2D eigenvalue weighted by atomic mass is 19.1. The van der Waals surface area contributed by atoms with Gasteiger partial charge in [0.1, 0.15) is 11.6 Å². The molecule has 0 aliphatic rings. The summed E-state index contributed by atoms with van der Waals surface area (Å²) in [5.41, 5.74) is 9.63. The summed E-state index contributed by atoms with van der Waals surface area (Å²) in [7, 11) is 0. The fraction of sp³-hybridized carbons (Fsp3) is 0.0909. The second kappa shape index (κ2) is 4.86. The summed E-state index contributed by atoms with van der Waals surface area (Å²) in [6, 6.07) is 5.99. The molecule has 0 spiro atoms.